The van der Waals surface area contributed by atoms with E-state index in [-0.39, 0.29) is 16.7 Å². The highest BCUT2D eigenvalue weighted by Crippen LogP contribution is 2.35. The number of amidine groups is 1. The van der Waals surface area contributed by atoms with Crippen LogP contribution in [-0.2, 0) is 14.8 Å². The summed E-state index contributed by atoms with van der Waals surface area (Å²) in [7, 11) is 0.183. The maximum absolute atomic E-state index is 12.7. The molecule has 1 aromatic rings. The number of carbonyl (C=O) groups excluding carboxylic acids is 1. The summed E-state index contributed by atoms with van der Waals surface area (Å²) in [5.74, 6) is 0.509. The molecule has 3 rings (SSSR count). The number of hydrogen-bond acceptors (Lipinski definition) is 5. The number of nitrogens with zero attached hydrogens (tertiary/aromatic N) is 3. The van der Waals surface area contributed by atoms with Gasteiger partial charge in [0.1, 0.15) is 10.7 Å². The Morgan fingerprint density at radius 3 is 2.45 bits per heavy atom. The van der Waals surface area contributed by atoms with Gasteiger partial charge in [-0.15, -0.1) is 4.40 Å². The number of carbonyl (C=O) groups is 1. The molecule has 2 aliphatic heterocycles. The second-order valence-electron chi connectivity index (χ2n) is 7.71. The molecule has 0 saturated carbocycles. The van der Waals surface area contributed by atoms with Gasteiger partial charge in [-0.05, 0) is 51.6 Å². The zero-order valence-electron chi connectivity index (χ0n) is 17.0. The van der Waals surface area contributed by atoms with E-state index < -0.39 is 10.0 Å². The molecule has 0 aromatic heterocycles. The largest absolute Gasteiger partial charge is 0.356 e. The van der Waals surface area contributed by atoms with E-state index in [0.29, 0.717) is 54.5 Å². The summed E-state index contributed by atoms with van der Waals surface area (Å²) in [6, 6.07) is 6.74. The van der Waals surface area contributed by atoms with Crippen molar-refractivity contribution >= 4 is 38.3 Å². The number of halogens is 1. The van der Waals surface area contributed by atoms with Gasteiger partial charge in [-0.2, -0.15) is 8.42 Å². The molecule has 7 nitrogen and oxygen atoms in total. The molecular weight excluding hydrogens is 412 g/mol. The molecule has 0 atom stereocenters. The summed E-state index contributed by atoms with van der Waals surface area (Å²) in [6.07, 6.45) is 1.35. The van der Waals surface area contributed by atoms with Crippen LogP contribution < -0.4 is 5.32 Å². The zero-order valence-corrected chi connectivity index (χ0v) is 18.6. The molecule has 0 radical (unpaired) electrons. The van der Waals surface area contributed by atoms with Gasteiger partial charge >= 0.3 is 0 Å². The Kier molecular flexibility index (Phi) is 6.65. The van der Waals surface area contributed by atoms with Gasteiger partial charge in [-0.1, -0.05) is 23.7 Å². The van der Waals surface area contributed by atoms with Crippen LogP contribution >= 0.6 is 11.6 Å². The SMILES string of the molecule is CC1=C(c2ccc(Cl)cc2)S(=O)(=O)N=C1N1CCC(C(=O)NCCN(C)C)CC1. The second kappa shape index (κ2) is 8.85. The van der Waals surface area contributed by atoms with Crippen LogP contribution in [0.5, 0.6) is 0 Å². The van der Waals surface area contributed by atoms with Crippen LogP contribution in [0.2, 0.25) is 5.02 Å². The highest BCUT2D eigenvalue weighted by Gasteiger charge is 2.35. The smallest absolute Gasteiger partial charge is 0.285 e. The van der Waals surface area contributed by atoms with Crippen LogP contribution in [0.15, 0.2) is 34.2 Å². The lowest BCUT2D eigenvalue weighted by molar-refractivity contribution is -0.126. The minimum absolute atomic E-state index is 0.0490. The third kappa shape index (κ3) is 4.99. The van der Waals surface area contributed by atoms with Crippen molar-refractivity contribution in [3.05, 3.63) is 40.4 Å². The average Bonchev–Trinajstić information content (AvgIpc) is 2.91. The molecule has 2 heterocycles. The Hall–Kier alpha value is -1.90. The second-order valence-corrected chi connectivity index (χ2v) is 9.68. The Morgan fingerprint density at radius 1 is 1.24 bits per heavy atom. The first-order chi connectivity index (χ1) is 13.7. The van der Waals surface area contributed by atoms with E-state index in [1.807, 2.05) is 23.9 Å². The monoisotopic (exact) mass is 438 g/mol. The van der Waals surface area contributed by atoms with Crippen molar-refractivity contribution in [3.8, 4) is 0 Å². The Bertz CT molecular complexity index is 931. The lowest BCUT2D eigenvalue weighted by atomic mass is 9.95. The van der Waals surface area contributed by atoms with Crippen LogP contribution in [0.3, 0.4) is 0 Å². The minimum Gasteiger partial charge on any atom is -0.356 e. The topological polar surface area (TPSA) is 82.1 Å². The molecule has 1 fully saturated rings. The first-order valence-corrected chi connectivity index (χ1v) is 11.5. The predicted octanol–water partition coefficient (Wildman–Crippen LogP) is 2.20. The summed E-state index contributed by atoms with van der Waals surface area (Å²) in [5, 5.41) is 3.53. The number of hydrogen-bond donors (Lipinski definition) is 1. The zero-order chi connectivity index (χ0) is 21.2. The van der Waals surface area contributed by atoms with E-state index in [0.717, 1.165) is 6.54 Å². The van der Waals surface area contributed by atoms with Crippen molar-refractivity contribution < 1.29 is 13.2 Å². The van der Waals surface area contributed by atoms with E-state index in [2.05, 4.69) is 9.71 Å². The maximum atomic E-state index is 12.7. The predicted molar refractivity (Wildman–Crippen MR) is 116 cm³/mol. The summed E-state index contributed by atoms with van der Waals surface area (Å²) >= 11 is 5.93. The quantitative estimate of drug-likeness (QED) is 0.762. The van der Waals surface area contributed by atoms with E-state index in [1.165, 1.54) is 0 Å². The van der Waals surface area contributed by atoms with Crippen LogP contribution in [0.4, 0.5) is 0 Å². The van der Waals surface area contributed by atoms with Gasteiger partial charge in [0, 0.05) is 42.7 Å². The summed E-state index contributed by atoms with van der Waals surface area (Å²) in [4.78, 5) is 16.6. The van der Waals surface area contributed by atoms with Crippen molar-refractivity contribution in [2.45, 2.75) is 19.8 Å². The molecule has 0 spiro atoms. The lowest BCUT2D eigenvalue weighted by Crippen LogP contribution is -2.44. The van der Waals surface area contributed by atoms with Crippen LogP contribution in [0.1, 0.15) is 25.3 Å². The van der Waals surface area contributed by atoms with Crippen molar-refractivity contribution in [3.63, 3.8) is 0 Å². The number of likely N-dealkylation sites (tertiary alicyclic amines) is 1. The Morgan fingerprint density at radius 2 is 1.86 bits per heavy atom. The summed E-state index contributed by atoms with van der Waals surface area (Å²) < 4.78 is 29.4. The highest BCUT2D eigenvalue weighted by molar-refractivity contribution is 8.00. The molecule has 0 bridgehead atoms. The molecule has 1 amide bonds. The number of benzene rings is 1. The minimum atomic E-state index is -3.75. The van der Waals surface area contributed by atoms with Gasteiger partial charge in [0.05, 0.1) is 0 Å². The van der Waals surface area contributed by atoms with Gasteiger partial charge in [0.2, 0.25) is 5.91 Å². The van der Waals surface area contributed by atoms with Gasteiger partial charge in [-0.3, -0.25) is 4.79 Å². The van der Waals surface area contributed by atoms with Gasteiger partial charge in [-0.25, -0.2) is 0 Å². The number of likely N-dealkylation sites (N-methyl/N-ethyl adjacent to an activating group) is 1. The fourth-order valence-electron chi connectivity index (χ4n) is 3.69. The number of rotatable bonds is 5. The molecule has 1 N–H and O–H groups in total. The van der Waals surface area contributed by atoms with Gasteiger partial charge in [0.25, 0.3) is 10.0 Å². The number of piperidine rings is 1. The third-order valence-corrected chi connectivity index (χ3v) is 6.99. The molecule has 1 saturated heterocycles. The van der Waals surface area contributed by atoms with Crippen molar-refractivity contribution in [2.24, 2.45) is 10.3 Å². The van der Waals surface area contributed by atoms with Crippen LogP contribution in [0, 0.1) is 5.92 Å². The summed E-state index contributed by atoms with van der Waals surface area (Å²) in [5.41, 5.74) is 1.22. The van der Waals surface area contributed by atoms with E-state index in [4.69, 9.17) is 11.6 Å². The molecule has 29 heavy (non-hydrogen) atoms. The molecule has 2 aliphatic rings. The van der Waals surface area contributed by atoms with Crippen molar-refractivity contribution in [1.82, 2.24) is 15.1 Å². The Balaban J connectivity index is 1.68. The van der Waals surface area contributed by atoms with E-state index in [1.54, 1.807) is 31.2 Å². The van der Waals surface area contributed by atoms with Crippen LogP contribution in [-0.4, -0.2) is 70.2 Å². The van der Waals surface area contributed by atoms with Crippen molar-refractivity contribution in [2.75, 3.05) is 40.3 Å². The number of sulfonamides is 1. The molecule has 9 heteroatoms. The fourth-order valence-corrected chi connectivity index (χ4v) is 5.29. The standard InChI is InChI=1S/C20H27ClN4O3S/c1-14-18(15-4-6-17(21)7-5-15)29(27,28)23-19(14)25-11-8-16(9-12-25)20(26)22-10-13-24(2)3/h4-7,16H,8-13H2,1-3H3,(H,22,26). The third-order valence-electron chi connectivity index (χ3n) is 5.27. The fraction of sp³-hybridized carbons (Fsp3) is 0.500. The molecular formula is C20H27ClN4O3S. The first kappa shape index (κ1) is 21.8. The summed E-state index contributed by atoms with van der Waals surface area (Å²) in [6.45, 7) is 4.42. The molecule has 1 aromatic carbocycles. The lowest BCUT2D eigenvalue weighted by Gasteiger charge is -2.33. The average molecular weight is 439 g/mol. The normalized spacial score (nSPS) is 19.6. The van der Waals surface area contributed by atoms with E-state index in [9.17, 15) is 13.2 Å². The first-order valence-electron chi connectivity index (χ1n) is 9.68. The number of amides is 1. The molecule has 0 aliphatic carbocycles. The van der Waals surface area contributed by atoms with Crippen LogP contribution in [0.25, 0.3) is 4.91 Å². The number of nitrogens with one attached hydrogen (secondary N) is 1. The van der Waals surface area contributed by atoms with Gasteiger partial charge < -0.3 is 15.1 Å². The Labute approximate surface area is 177 Å². The van der Waals surface area contributed by atoms with Gasteiger partial charge in [0.15, 0.2) is 0 Å². The molecule has 0 unspecified atom stereocenters. The maximum Gasteiger partial charge on any atom is 0.285 e. The highest BCUT2D eigenvalue weighted by atomic mass is 35.5. The van der Waals surface area contributed by atoms with Crippen molar-refractivity contribution in [1.29, 1.82) is 0 Å². The van der Waals surface area contributed by atoms with E-state index >= 15 is 0 Å². The molecule has 158 valence electrons.